The lowest BCUT2D eigenvalue weighted by molar-refractivity contribution is 0.0943. The van der Waals surface area contributed by atoms with Crippen LogP contribution in [0.25, 0.3) is 10.6 Å². The first-order valence-corrected chi connectivity index (χ1v) is 8.81. The molecule has 0 aliphatic rings. The maximum absolute atomic E-state index is 14.1. The van der Waals surface area contributed by atoms with Crippen molar-refractivity contribution in [3.63, 3.8) is 0 Å². The van der Waals surface area contributed by atoms with Gasteiger partial charge in [0.25, 0.3) is 5.91 Å². The fourth-order valence-corrected chi connectivity index (χ4v) is 3.54. The topological polar surface area (TPSA) is 62.2 Å². The number of hydrogen-bond donors (Lipinski definition) is 2. The number of benzene rings is 2. The first-order chi connectivity index (χ1) is 12.8. The minimum atomic E-state index is -1.67. The van der Waals surface area contributed by atoms with Crippen molar-refractivity contribution in [1.82, 2.24) is 10.3 Å². The Labute approximate surface area is 157 Å². The highest BCUT2D eigenvalue weighted by atomic mass is 32.1. The molecular weight excluding hydrogens is 377 g/mol. The third kappa shape index (κ3) is 3.66. The molecule has 0 saturated heterocycles. The number of carbonyl (C=O) groups excluding carboxylic acids is 1. The van der Waals surface area contributed by atoms with Crippen molar-refractivity contribution in [2.45, 2.75) is 19.9 Å². The van der Waals surface area contributed by atoms with E-state index in [9.17, 15) is 23.1 Å². The molecule has 1 heterocycles. The number of nitrogens with zero attached hydrogens (tertiary/aromatic N) is 1. The highest BCUT2D eigenvalue weighted by molar-refractivity contribution is 7.17. The molecule has 0 radical (unpaired) electrons. The molecule has 1 unspecified atom stereocenters. The van der Waals surface area contributed by atoms with E-state index in [0.29, 0.717) is 11.8 Å². The molecular formula is C19H15F3N2O2S. The Morgan fingerprint density at radius 3 is 2.52 bits per heavy atom. The zero-order valence-electron chi connectivity index (χ0n) is 14.4. The Hall–Kier alpha value is -2.87. The number of halogens is 3. The predicted octanol–water partition coefficient (Wildman–Crippen LogP) is 4.73. The molecule has 3 rings (SSSR count). The summed E-state index contributed by atoms with van der Waals surface area (Å²) in [6.45, 7) is 3.37. The second-order valence-corrected chi connectivity index (χ2v) is 6.92. The van der Waals surface area contributed by atoms with Crippen LogP contribution in [-0.4, -0.2) is 16.0 Å². The summed E-state index contributed by atoms with van der Waals surface area (Å²) in [5.74, 6) is -6.23. The fraction of sp³-hybridized carbons (Fsp3) is 0.158. The summed E-state index contributed by atoms with van der Waals surface area (Å²) in [6, 6.07) is 9.65. The number of hydrogen-bond acceptors (Lipinski definition) is 4. The van der Waals surface area contributed by atoms with Gasteiger partial charge in [0, 0.05) is 0 Å². The van der Waals surface area contributed by atoms with E-state index in [0.717, 1.165) is 16.9 Å². The maximum Gasteiger partial charge on any atom is 0.263 e. The molecule has 4 nitrogen and oxygen atoms in total. The zero-order chi connectivity index (χ0) is 19.7. The highest BCUT2D eigenvalue weighted by Gasteiger charge is 2.24. The number of aryl methyl sites for hydroxylation is 1. The van der Waals surface area contributed by atoms with Gasteiger partial charge < -0.3 is 10.4 Å². The number of phenolic OH excluding ortho intramolecular Hbond substituents is 1. The third-order valence-corrected chi connectivity index (χ3v) is 5.20. The molecule has 1 atom stereocenters. The summed E-state index contributed by atoms with van der Waals surface area (Å²) in [6.07, 6.45) is 0. The van der Waals surface area contributed by atoms with E-state index in [4.69, 9.17) is 0 Å². The quantitative estimate of drug-likeness (QED) is 0.631. The predicted molar refractivity (Wildman–Crippen MR) is 96.1 cm³/mol. The molecule has 2 aromatic carbocycles. The molecule has 3 aromatic rings. The first kappa shape index (κ1) is 18.9. The molecule has 0 spiro atoms. The monoisotopic (exact) mass is 392 g/mol. The highest BCUT2D eigenvalue weighted by Crippen LogP contribution is 2.35. The number of rotatable bonds is 4. The SMILES string of the molecule is Cc1nc(-c2cc(F)c(F)c(O)c2F)sc1C(=O)NC(C)c1ccccc1. The summed E-state index contributed by atoms with van der Waals surface area (Å²) in [4.78, 5) is 16.8. The second-order valence-electron chi connectivity index (χ2n) is 5.92. The summed E-state index contributed by atoms with van der Waals surface area (Å²) in [7, 11) is 0. The lowest BCUT2D eigenvalue weighted by atomic mass is 10.1. The van der Waals surface area contributed by atoms with E-state index >= 15 is 0 Å². The van der Waals surface area contributed by atoms with Crippen LogP contribution < -0.4 is 5.32 Å². The molecule has 2 N–H and O–H groups in total. The summed E-state index contributed by atoms with van der Waals surface area (Å²) < 4.78 is 40.9. The molecule has 0 saturated carbocycles. The Balaban J connectivity index is 1.90. The van der Waals surface area contributed by atoms with Crippen molar-refractivity contribution in [1.29, 1.82) is 0 Å². The number of amides is 1. The van der Waals surface area contributed by atoms with Crippen molar-refractivity contribution in [3.05, 3.63) is 70.0 Å². The van der Waals surface area contributed by atoms with Crippen LogP contribution in [0.3, 0.4) is 0 Å². The molecule has 8 heteroatoms. The van der Waals surface area contributed by atoms with Gasteiger partial charge in [0.15, 0.2) is 17.4 Å². The van der Waals surface area contributed by atoms with Gasteiger partial charge in [0.1, 0.15) is 9.88 Å². The van der Waals surface area contributed by atoms with Crippen LogP contribution in [0, 0.1) is 24.4 Å². The normalized spacial score (nSPS) is 12.0. The second kappa shape index (κ2) is 7.40. The van der Waals surface area contributed by atoms with E-state index in [2.05, 4.69) is 10.3 Å². The van der Waals surface area contributed by atoms with E-state index < -0.39 is 34.7 Å². The summed E-state index contributed by atoms with van der Waals surface area (Å²) in [5.41, 5.74) is 0.816. The van der Waals surface area contributed by atoms with Gasteiger partial charge in [0.2, 0.25) is 5.82 Å². The van der Waals surface area contributed by atoms with Crippen LogP contribution in [-0.2, 0) is 0 Å². The van der Waals surface area contributed by atoms with Crippen molar-refractivity contribution >= 4 is 17.2 Å². The van der Waals surface area contributed by atoms with Gasteiger partial charge in [-0.3, -0.25) is 4.79 Å². The van der Waals surface area contributed by atoms with Crippen molar-refractivity contribution in [2.75, 3.05) is 0 Å². The molecule has 1 aromatic heterocycles. The molecule has 0 aliphatic heterocycles. The van der Waals surface area contributed by atoms with Crippen molar-refractivity contribution in [3.8, 4) is 16.3 Å². The smallest absolute Gasteiger partial charge is 0.263 e. The van der Waals surface area contributed by atoms with Gasteiger partial charge in [-0.1, -0.05) is 30.3 Å². The van der Waals surface area contributed by atoms with Crippen molar-refractivity contribution in [2.24, 2.45) is 0 Å². The van der Waals surface area contributed by atoms with Gasteiger partial charge in [0.05, 0.1) is 17.3 Å². The van der Waals surface area contributed by atoms with Crippen LogP contribution in [0.4, 0.5) is 13.2 Å². The minimum absolute atomic E-state index is 0.0308. The molecule has 0 bridgehead atoms. The van der Waals surface area contributed by atoms with Gasteiger partial charge in [-0.25, -0.2) is 13.8 Å². The zero-order valence-corrected chi connectivity index (χ0v) is 15.2. The Kier molecular flexibility index (Phi) is 5.18. The lowest BCUT2D eigenvalue weighted by Crippen LogP contribution is -2.26. The van der Waals surface area contributed by atoms with Crippen LogP contribution in [0.15, 0.2) is 36.4 Å². The van der Waals surface area contributed by atoms with E-state index in [1.165, 1.54) is 0 Å². The average molecular weight is 392 g/mol. The number of nitrogens with one attached hydrogen (secondary N) is 1. The van der Waals surface area contributed by atoms with Crippen molar-refractivity contribution < 1.29 is 23.1 Å². The van der Waals surface area contributed by atoms with Gasteiger partial charge in [-0.05, 0) is 25.5 Å². The summed E-state index contributed by atoms with van der Waals surface area (Å²) >= 11 is 0.832. The third-order valence-electron chi connectivity index (χ3n) is 4.01. The molecule has 0 aliphatic carbocycles. The van der Waals surface area contributed by atoms with E-state index in [1.54, 1.807) is 6.92 Å². The number of phenols is 1. The maximum atomic E-state index is 14.1. The Morgan fingerprint density at radius 2 is 1.85 bits per heavy atom. The van der Waals surface area contributed by atoms with Gasteiger partial charge in [-0.15, -0.1) is 11.3 Å². The molecule has 140 valence electrons. The summed E-state index contributed by atoms with van der Waals surface area (Å²) in [5, 5.41) is 12.2. The first-order valence-electron chi connectivity index (χ1n) is 7.99. The largest absolute Gasteiger partial charge is 0.503 e. The standard InChI is InChI=1S/C19H15F3N2O2S/c1-9(11-6-4-3-5-7-11)23-18(26)17-10(2)24-19(27-17)12-8-13(20)15(22)16(25)14(12)21/h3-9,25H,1-2H3,(H,23,26). The molecule has 1 amide bonds. The number of aromatic hydroxyl groups is 1. The van der Waals surface area contributed by atoms with E-state index in [1.807, 2.05) is 37.3 Å². The fourth-order valence-electron chi connectivity index (χ4n) is 2.56. The Morgan fingerprint density at radius 1 is 1.19 bits per heavy atom. The molecule has 0 fully saturated rings. The van der Waals surface area contributed by atoms with E-state index in [-0.39, 0.29) is 15.9 Å². The lowest BCUT2D eigenvalue weighted by Gasteiger charge is -2.13. The number of carbonyl (C=O) groups is 1. The van der Waals surface area contributed by atoms with Crippen LogP contribution in [0.1, 0.15) is 33.9 Å². The van der Waals surface area contributed by atoms with Crippen LogP contribution in [0.2, 0.25) is 0 Å². The van der Waals surface area contributed by atoms with Gasteiger partial charge >= 0.3 is 0 Å². The average Bonchev–Trinajstić information content (AvgIpc) is 3.05. The minimum Gasteiger partial charge on any atom is -0.503 e. The number of thiazole rings is 1. The number of aromatic nitrogens is 1. The van der Waals surface area contributed by atoms with Crippen LogP contribution >= 0.6 is 11.3 Å². The Bertz CT molecular complexity index is 1010. The van der Waals surface area contributed by atoms with Crippen LogP contribution in [0.5, 0.6) is 5.75 Å². The van der Waals surface area contributed by atoms with Gasteiger partial charge in [-0.2, -0.15) is 4.39 Å². The molecule has 27 heavy (non-hydrogen) atoms.